The number of alkyl carbamates (subject to hydrolysis) is 1. The molecule has 0 aliphatic carbocycles. The SMILES string of the molecule is [2H]c1c(C([2H])([2H])[C@H]2COC(=O)N2[2H])c([2H])c2c(C([2H])([2H])C([2H])([2H])N(C)C)cn([2H])c2c1[2H]. The molecule has 0 spiro atoms. The molecule has 0 bridgehead atoms. The maximum absolute atomic E-state index is 11.6. The average Bonchev–Trinajstić information content (AvgIpc) is 3.20. The van der Waals surface area contributed by atoms with E-state index in [4.69, 9.17) is 15.2 Å². The molecular formula is C16H21N3O2. The Bertz CT molecular complexity index is 1100. The summed E-state index contributed by atoms with van der Waals surface area (Å²) in [6.07, 6.45) is -5.72. The first-order chi connectivity index (χ1) is 14.5. The molecule has 5 heteroatoms. The number of hydrogen-bond acceptors (Lipinski definition) is 3. The molecule has 1 saturated heterocycles. The van der Waals surface area contributed by atoms with Crippen LogP contribution >= 0.6 is 0 Å². The molecule has 1 fully saturated rings. The van der Waals surface area contributed by atoms with Crippen LogP contribution in [0.4, 0.5) is 4.79 Å². The molecule has 1 aromatic carbocycles. The van der Waals surface area contributed by atoms with E-state index >= 15 is 0 Å². The van der Waals surface area contributed by atoms with Crippen molar-refractivity contribution in [3.05, 3.63) is 35.5 Å². The minimum absolute atomic E-state index is 0.243. The van der Waals surface area contributed by atoms with Crippen molar-refractivity contribution in [1.29, 1.82) is 0 Å². The monoisotopic (exact) mass is 298 g/mol. The number of rotatable bonds is 5. The van der Waals surface area contributed by atoms with Crippen molar-refractivity contribution in [1.82, 2.24) is 15.2 Å². The van der Waals surface area contributed by atoms with E-state index in [0.29, 0.717) is 4.98 Å². The maximum atomic E-state index is 11.6. The summed E-state index contributed by atoms with van der Waals surface area (Å²) in [5.74, 6) is 0. The molecular weight excluding hydrogens is 266 g/mol. The van der Waals surface area contributed by atoms with Crippen molar-refractivity contribution in [2.45, 2.75) is 18.8 Å². The number of amides is 1. The summed E-state index contributed by atoms with van der Waals surface area (Å²) >= 11 is 0. The van der Waals surface area contributed by atoms with Gasteiger partial charge >= 0.3 is 6.09 Å². The number of likely N-dealkylation sites (N-methyl/N-ethyl adjacent to an activating group) is 1. The summed E-state index contributed by atoms with van der Waals surface area (Å²) in [6.45, 7) is -3.14. The third kappa shape index (κ3) is 3.19. The van der Waals surface area contributed by atoms with Gasteiger partial charge in [0.2, 0.25) is 0 Å². The van der Waals surface area contributed by atoms with Crippen LogP contribution in [0.15, 0.2) is 24.3 Å². The molecule has 21 heavy (non-hydrogen) atoms. The predicted octanol–water partition coefficient (Wildman–Crippen LogP) is 1.92. The lowest BCUT2D eigenvalue weighted by Gasteiger charge is -2.09. The zero-order valence-electron chi connectivity index (χ0n) is 22.5. The normalized spacial score (nSPS) is 28.3. The zero-order valence-corrected chi connectivity index (χ0v) is 11.5. The van der Waals surface area contributed by atoms with Crippen LogP contribution in [0.1, 0.15) is 23.5 Å². The molecule has 1 atom stereocenters. The summed E-state index contributed by atoms with van der Waals surface area (Å²) < 4.78 is 95.9. The van der Waals surface area contributed by atoms with Gasteiger partial charge in [0.05, 0.1) is 10.2 Å². The summed E-state index contributed by atoms with van der Waals surface area (Å²) in [4.78, 5) is 13.1. The number of benzene rings is 1. The molecule has 5 nitrogen and oxygen atoms in total. The van der Waals surface area contributed by atoms with Gasteiger partial charge in [-0.3, -0.25) is 0 Å². The number of aryl methyl sites for hydroxylation is 1. The fourth-order valence-corrected chi connectivity index (χ4v) is 1.82. The van der Waals surface area contributed by atoms with E-state index < -0.39 is 72.6 Å². The number of fused-ring (bicyclic) bond motifs is 1. The Kier molecular flexibility index (Phi) is 1.65. The number of carbonyl (C=O) groups is 1. The van der Waals surface area contributed by atoms with E-state index in [1.165, 1.54) is 14.1 Å². The molecule has 0 saturated carbocycles. The topological polar surface area (TPSA) is 57.4 Å². The number of carbonyl (C=O) groups excluding carboxylic acids is 1. The first-order valence-electron chi connectivity index (χ1n) is 11.7. The largest absolute Gasteiger partial charge is 0.447 e. The Morgan fingerprint density at radius 2 is 2.43 bits per heavy atom. The number of aromatic amines is 1. The van der Waals surface area contributed by atoms with E-state index in [9.17, 15) is 4.79 Å². The van der Waals surface area contributed by atoms with Gasteiger partial charge in [0.25, 0.3) is 0 Å². The first kappa shape index (κ1) is 6.01. The van der Waals surface area contributed by atoms with E-state index in [2.05, 4.69) is 4.74 Å². The second-order valence-electron chi connectivity index (χ2n) is 4.64. The number of aromatic nitrogens is 1. The predicted molar refractivity (Wildman–Crippen MR) is 82.5 cm³/mol. The second-order valence-corrected chi connectivity index (χ2v) is 4.64. The van der Waals surface area contributed by atoms with Crippen LogP contribution in [-0.4, -0.2) is 49.2 Å². The molecule has 112 valence electrons. The van der Waals surface area contributed by atoms with Crippen molar-refractivity contribution in [2.24, 2.45) is 0 Å². The van der Waals surface area contributed by atoms with Crippen molar-refractivity contribution >= 4 is 17.0 Å². The van der Waals surface area contributed by atoms with E-state index in [1.807, 2.05) is 0 Å². The molecule has 2 heterocycles. The minimum Gasteiger partial charge on any atom is -0.447 e. The van der Waals surface area contributed by atoms with Gasteiger partial charge in [-0.1, -0.05) is 6.04 Å². The highest BCUT2D eigenvalue weighted by Crippen LogP contribution is 2.21. The standard InChI is InChI=1S/C16H21N3O2/c1-19(2)6-5-12-9-17-15-4-3-11(8-14(12)15)7-13-10-21-16(20)18-13/h3-4,8-9,13,17H,5-7,10H2,1-2H3,(H,18,20)/t13-/m0/s1/i3D,4D,5D2,6D2,7D2,8D/hD2. The highest BCUT2D eigenvalue weighted by atomic mass is 16.6. The summed E-state index contributed by atoms with van der Waals surface area (Å²) in [5.41, 5.74) is -1.49. The van der Waals surface area contributed by atoms with E-state index in [0.717, 1.165) is 11.1 Å². The van der Waals surface area contributed by atoms with E-state index in [-0.39, 0.29) is 10.8 Å². The highest BCUT2D eigenvalue weighted by Gasteiger charge is 2.22. The lowest BCUT2D eigenvalue weighted by Crippen LogP contribution is -2.28. The van der Waals surface area contributed by atoms with Gasteiger partial charge in [0.15, 0.2) is 2.82 Å². The molecule has 0 unspecified atom stereocenters. The quantitative estimate of drug-likeness (QED) is 0.887. The molecule has 1 aliphatic rings. The summed E-state index contributed by atoms with van der Waals surface area (Å²) in [6, 6.07) is -3.68. The number of nitrogens with one attached hydrogen (secondary N) is 2. The van der Waals surface area contributed by atoms with Gasteiger partial charge in [-0.25, -0.2) is 4.79 Å². The molecule has 0 radical (unpaired) electrons. The highest BCUT2D eigenvalue weighted by molar-refractivity contribution is 5.84. The molecule has 3 rings (SSSR count). The van der Waals surface area contributed by atoms with Crippen LogP contribution in [0, 0.1) is 0 Å². The fraction of sp³-hybridized carbons (Fsp3) is 0.438. The van der Waals surface area contributed by atoms with Crippen molar-refractivity contribution in [3.8, 4) is 0 Å². The van der Waals surface area contributed by atoms with Crippen LogP contribution in [0.3, 0.4) is 0 Å². The Morgan fingerprint density at radius 1 is 1.57 bits per heavy atom. The third-order valence-corrected chi connectivity index (χ3v) is 2.74. The smallest absolute Gasteiger partial charge is 0.407 e. The Hall–Kier alpha value is -2.01. The molecule has 1 aromatic heterocycles. The molecule has 1 amide bonds. The van der Waals surface area contributed by atoms with Crippen molar-refractivity contribution in [3.63, 3.8) is 0 Å². The van der Waals surface area contributed by atoms with Gasteiger partial charge in [-0.05, 0) is 50.1 Å². The Morgan fingerprint density at radius 3 is 3.14 bits per heavy atom. The summed E-state index contributed by atoms with van der Waals surface area (Å²) in [5, 5.41) is -0.148. The Labute approximate surface area is 139 Å². The lowest BCUT2D eigenvalue weighted by atomic mass is 10.0. The van der Waals surface area contributed by atoms with Gasteiger partial charge in [0.1, 0.15) is 6.61 Å². The molecule has 2 N–H and O–H groups in total. The number of ether oxygens (including phenoxy) is 1. The minimum atomic E-state index is -2.80. The van der Waals surface area contributed by atoms with Crippen LogP contribution < -0.4 is 5.31 Å². The zero-order chi connectivity index (χ0) is 24.5. The number of H-pyrrole nitrogens is 1. The lowest BCUT2D eigenvalue weighted by molar-refractivity contribution is 0.177. The van der Waals surface area contributed by atoms with Gasteiger partial charge < -0.3 is 19.9 Å². The number of hydrogen-bond donors (Lipinski definition) is 2. The Balaban J connectivity index is 2.38. The number of nitrogens with zero attached hydrogens (tertiary/aromatic N) is 1. The van der Waals surface area contributed by atoms with Crippen molar-refractivity contribution < 1.29 is 24.7 Å². The number of cyclic esters (lactones) is 1. The average molecular weight is 298 g/mol. The van der Waals surface area contributed by atoms with Crippen LogP contribution in [0.5, 0.6) is 0 Å². The van der Waals surface area contributed by atoms with Gasteiger partial charge in [0, 0.05) is 31.8 Å². The van der Waals surface area contributed by atoms with Gasteiger partial charge in [-0.2, -0.15) is 0 Å². The van der Waals surface area contributed by atoms with Gasteiger partial charge in [-0.15, -0.1) is 0 Å². The molecule has 1 aliphatic heterocycles. The van der Waals surface area contributed by atoms with Crippen molar-refractivity contribution in [2.75, 3.05) is 27.2 Å². The maximum Gasteiger partial charge on any atom is 0.407 e. The van der Waals surface area contributed by atoms with Crippen LogP contribution in [-0.2, 0) is 17.5 Å². The van der Waals surface area contributed by atoms with E-state index in [1.54, 1.807) is 0 Å². The molecule has 2 aromatic rings. The first-order valence-corrected chi connectivity index (χ1v) is 6.26. The van der Waals surface area contributed by atoms with Crippen LogP contribution in [0.25, 0.3) is 10.9 Å². The third-order valence-electron chi connectivity index (χ3n) is 2.74. The van der Waals surface area contributed by atoms with Crippen LogP contribution in [0.2, 0.25) is 2.82 Å². The summed E-state index contributed by atoms with van der Waals surface area (Å²) in [7, 11) is 2.61. The second kappa shape index (κ2) is 5.77. The fourth-order valence-electron chi connectivity index (χ4n) is 1.82.